The number of anilines is 1. The quantitative estimate of drug-likeness (QED) is 0.766. The summed E-state index contributed by atoms with van der Waals surface area (Å²) in [4.78, 5) is 3.94. The van der Waals surface area contributed by atoms with Gasteiger partial charge in [-0.1, -0.05) is 23.7 Å². The molecule has 1 N–H and O–H groups in total. The van der Waals surface area contributed by atoms with Crippen molar-refractivity contribution in [1.82, 2.24) is 14.8 Å². The third kappa shape index (κ3) is 3.62. The minimum absolute atomic E-state index is 0.231. The normalized spacial score (nSPS) is 12.3. The lowest BCUT2D eigenvalue weighted by atomic mass is 10.1. The van der Waals surface area contributed by atoms with Gasteiger partial charge in [0.25, 0.3) is 0 Å². The van der Waals surface area contributed by atoms with Gasteiger partial charge < -0.3 is 5.32 Å². The van der Waals surface area contributed by atoms with Crippen LogP contribution in [0.4, 0.5) is 5.69 Å². The zero-order valence-corrected chi connectivity index (χ0v) is 13.1. The van der Waals surface area contributed by atoms with Crippen molar-refractivity contribution in [2.75, 3.05) is 5.32 Å². The third-order valence-corrected chi connectivity index (χ3v) is 4.35. The van der Waals surface area contributed by atoms with Crippen LogP contribution in [0.3, 0.4) is 0 Å². The highest BCUT2D eigenvalue weighted by Crippen LogP contribution is 2.27. The fraction of sp³-hybridized carbons (Fsp3) is 0.200. The average molecular weight is 319 g/mol. The molecule has 0 amide bonds. The zero-order chi connectivity index (χ0) is 14.7. The number of halogens is 1. The molecule has 1 aromatic carbocycles. The molecule has 1 atom stereocenters. The molecule has 0 saturated carbocycles. The van der Waals surface area contributed by atoms with Crippen molar-refractivity contribution in [3.05, 3.63) is 63.8 Å². The summed E-state index contributed by atoms with van der Waals surface area (Å²) in [5.41, 5.74) is 3.49. The number of nitrogens with zero attached hydrogens (tertiary/aromatic N) is 3. The molecule has 108 valence electrons. The van der Waals surface area contributed by atoms with Crippen LogP contribution in [0.25, 0.3) is 0 Å². The maximum absolute atomic E-state index is 5.97. The molecular formula is C15H15ClN4S. The highest BCUT2D eigenvalue weighted by molar-refractivity contribution is 7.14. The van der Waals surface area contributed by atoms with E-state index in [2.05, 4.69) is 52.0 Å². The molecule has 0 saturated heterocycles. The van der Waals surface area contributed by atoms with Crippen molar-refractivity contribution in [2.24, 2.45) is 0 Å². The average Bonchev–Trinajstić information content (AvgIpc) is 3.12. The molecule has 0 radical (unpaired) electrons. The first kappa shape index (κ1) is 14.1. The second-order valence-corrected chi connectivity index (χ2v) is 6.38. The largest absolute Gasteiger partial charge is 0.378 e. The highest BCUT2D eigenvalue weighted by Gasteiger charge is 2.07. The summed E-state index contributed by atoms with van der Waals surface area (Å²) in [7, 11) is 0. The monoisotopic (exact) mass is 318 g/mol. The van der Waals surface area contributed by atoms with Gasteiger partial charge in [0.1, 0.15) is 12.7 Å². The van der Waals surface area contributed by atoms with Gasteiger partial charge in [-0.2, -0.15) is 5.10 Å². The Hall–Kier alpha value is -1.85. The van der Waals surface area contributed by atoms with Crippen LogP contribution in [0, 0.1) is 0 Å². The summed E-state index contributed by atoms with van der Waals surface area (Å²) in [6.07, 6.45) is 3.26. The SMILES string of the molecule is CC(Nc1ccc(Cn2cncn2)cc1)c1csc(Cl)c1. The highest BCUT2D eigenvalue weighted by atomic mass is 35.5. The fourth-order valence-corrected chi connectivity index (χ4v) is 3.08. The molecule has 3 aromatic rings. The van der Waals surface area contributed by atoms with Crippen molar-refractivity contribution in [3.8, 4) is 0 Å². The summed E-state index contributed by atoms with van der Waals surface area (Å²) in [6.45, 7) is 2.86. The number of aromatic nitrogens is 3. The number of benzene rings is 1. The lowest BCUT2D eigenvalue weighted by Crippen LogP contribution is -2.06. The minimum Gasteiger partial charge on any atom is -0.378 e. The molecule has 21 heavy (non-hydrogen) atoms. The number of nitrogens with one attached hydrogen (secondary N) is 1. The zero-order valence-electron chi connectivity index (χ0n) is 11.5. The van der Waals surface area contributed by atoms with Crippen molar-refractivity contribution < 1.29 is 0 Å². The van der Waals surface area contributed by atoms with Crippen molar-refractivity contribution in [2.45, 2.75) is 19.5 Å². The van der Waals surface area contributed by atoms with E-state index in [1.807, 2.05) is 6.07 Å². The Bertz CT molecular complexity index is 691. The number of thiophene rings is 1. The smallest absolute Gasteiger partial charge is 0.137 e. The molecule has 6 heteroatoms. The summed E-state index contributed by atoms with van der Waals surface area (Å²) < 4.78 is 2.63. The predicted molar refractivity (Wildman–Crippen MR) is 86.9 cm³/mol. The van der Waals surface area contributed by atoms with E-state index in [1.165, 1.54) is 11.1 Å². The fourth-order valence-electron chi connectivity index (χ4n) is 2.09. The van der Waals surface area contributed by atoms with Crippen LogP contribution in [0.15, 0.2) is 48.4 Å². The Labute approximate surface area is 132 Å². The van der Waals surface area contributed by atoms with E-state index in [9.17, 15) is 0 Å². The molecular weight excluding hydrogens is 304 g/mol. The first-order chi connectivity index (χ1) is 10.2. The number of rotatable bonds is 5. The summed E-state index contributed by atoms with van der Waals surface area (Å²) in [5, 5.41) is 9.66. The van der Waals surface area contributed by atoms with Gasteiger partial charge >= 0.3 is 0 Å². The van der Waals surface area contributed by atoms with Crippen LogP contribution in [-0.4, -0.2) is 14.8 Å². The van der Waals surface area contributed by atoms with Crippen molar-refractivity contribution in [3.63, 3.8) is 0 Å². The van der Waals surface area contributed by atoms with Crippen LogP contribution in [0.2, 0.25) is 4.34 Å². The molecule has 0 spiro atoms. The number of hydrogen-bond donors (Lipinski definition) is 1. The maximum Gasteiger partial charge on any atom is 0.137 e. The molecule has 3 rings (SSSR count). The van der Waals surface area contributed by atoms with Crippen LogP contribution in [-0.2, 0) is 6.54 Å². The Morgan fingerprint density at radius 2 is 2.14 bits per heavy atom. The standard InChI is InChI=1S/C15H15ClN4S/c1-11(13-6-15(16)21-8-13)19-14-4-2-12(3-5-14)7-20-10-17-9-18-20/h2-6,8-11,19H,7H2,1H3. The second kappa shape index (κ2) is 6.28. The molecule has 4 nitrogen and oxygen atoms in total. The predicted octanol–water partition coefficient (Wildman–Crippen LogP) is 4.21. The lowest BCUT2D eigenvalue weighted by molar-refractivity contribution is 0.685. The Morgan fingerprint density at radius 1 is 1.33 bits per heavy atom. The summed E-state index contributed by atoms with van der Waals surface area (Å²) in [6, 6.07) is 10.6. The molecule has 0 aliphatic rings. The van der Waals surface area contributed by atoms with Crippen LogP contribution in [0.1, 0.15) is 24.1 Å². The molecule has 1 unspecified atom stereocenters. The maximum atomic E-state index is 5.97. The van der Waals surface area contributed by atoms with Crippen molar-refractivity contribution >= 4 is 28.6 Å². The van der Waals surface area contributed by atoms with Crippen LogP contribution < -0.4 is 5.32 Å². The van der Waals surface area contributed by atoms with E-state index >= 15 is 0 Å². The Morgan fingerprint density at radius 3 is 2.76 bits per heavy atom. The number of hydrogen-bond acceptors (Lipinski definition) is 4. The molecule has 0 fully saturated rings. The first-order valence-electron chi connectivity index (χ1n) is 6.62. The Kier molecular flexibility index (Phi) is 4.22. The van der Waals surface area contributed by atoms with E-state index in [4.69, 9.17) is 11.6 Å². The van der Waals surface area contributed by atoms with E-state index in [0.29, 0.717) is 0 Å². The van der Waals surface area contributed by atoms with Gasteiger partial charge in [-0.05, 0) is 41.6 Å². The van der Waals surface area contributed by atoms with E-state index < -0.39 is 0 Å². The van der Waals surface area contributed by atoms with Gasteiger partial charge in [0, 0.05) is 11.7 Å². The topological polar surface area (TPSA) is 42.7 Å². The molecule has 2 heterocycles. The molecule has 0 bridgehead atoms. The molecule has 2 aromatic heterocycles. The lowest BCUT2D eigenvalue weighted by Gasteiger charge is -2.14. The van der Waals surface area contributed by atoms with E-state index in [0.717, 1.165) is 16.6 Å². The second-order valence-electron chi connectivity index (χ2n) is 4.84. The van der Waals surface area contributed by atoms with Crippen LogP contribution in [0.5, 0.6) is 0 Å². The summed E-state index contributed by atoms with van der Waals surface area (Å²) >= 11 is 7.53. The van der Waals surface area contributed by atoms with Gasteiger partial charge in [0.05, 0.1) is 10.9 Å². The van der Waals surface area contributed by atoms with E-state index in [-0.39, 0.29) is 6.04 Å². The summed E-state index contributed by atoms with van der Waals surface area (Å²) in [5.74, 6) is 0. The van der Waals surface area contributed by atoms with Gasteiger partial charge in [-0.15, -0.1) is 11.3 Å². The van der Waals surface area contributed by atoms with Crippen molar-refractivity contribution in [1.29, 1.82) is 0 Å². The van der Waals surface area contributed by atoms with Crippen LogP contribution >= 0.6 is 22.9 Å². The molecule has 0 aliphatic carbocycles. The van der Waals surface area contributed by atoms with Gasteiger partial charge in [-0.25, -0.2) is 9.67 Å². The van der Waals surface area contributed by atoms with Gasteiger partial charge in [-0.3, -0.25) is 0 Å². The molecule has 0 aliphatic heterocycles. The van der Waals surface area contributed by atoms with Gasteiger partial charge in [0.2, 0.25) is 0 Å². The first-order valence-corrected chi connectivity index (χ1v) is 7.88. The minimum atomic E-state index is 0.231. The van der Waals surface area contributed by atoms with Gasteiger partial charge in [0.15, 0.2) is 0 Å². The van der Waals surface area contributed by atoms with E-state index in [1.54, 1.807) is 28.7 Å². The third-order valence-electron chi connectivity index (χ3n) is 3.24. The Balaban J connectivity index is 1.64.